The minimum Gasteiger partial charge on any atom is -0.352 e. The lowest BCUT2D eigenvalue weighted by Gasteiger charge is -2.07. The number of rotatable bonds is 7. The van der Waals surface area contributed by atoms with E-state index in [4.69, 9.17) is 0 Å². The lowest BCUT2D eigenvalue weighted by molar-refractivity contribution is 0.0953. The van der Waals surface area contributed by atoms with Crippen molar-refractivity contribution in [1.82, 2.24) is 15.1 Å². The van der Waals surface area contributed by atoms with Gasteiger partial charge in [0.25, 0.3) is 5.91 Å². The zero-order chi connectivity index (χ0) is 16.6. The summed E-state index contributed by atoms with van der Waals surface area (Å²) in [6.45, 7) is 1.40. The summed E-state index contributed by atoms with van der Waals surface area (Å²) in [6.07, 6.45) is 5.60. The van der Waals surface area contributed by atoms with Gasteiger partial charge < -0.3 is 5.32 Å². The Hall–Kier alpha value is -2.88. The molecule has 0 fully saturated rings. The zero-order valence-electron chi connectivity index (χ0n) is 13.6. The number of hydrogen-bond donors (Lipinski definition) is 1. The molecule has 1 N–H and O–H groups in total. The molecule has 4 heteroatoms. The van der Waals surface area contributed by atoms with E-state index in [0.717, 1.165) is 18.4 Å². The lowest BCUT2D eigenvalue weighted by atomic mass is 10.1. The van der Waals surface area contributed by atoms with Crippen LogP contribution in [0.3, 0.4) is 0 Å². The number of nitrogens with one attached hydrogen (secondary N) is 1. The number of aromatic nitrogens is 2. The molecule has 1 heterocycles. The Kier molecular flexibility index (Phi) is 5.40. The van der Waals surface area contributed by atoms with Gasteiger partial charge in [0, 0.05) is 24.5 Å². The van der Waals surface area contributed by atoms with Gasteiger partial charge in [-0.2, -0.15) is 5.10 Å². The normalized spacial score (nSPS) is 10.5. The van der Waals surface area contributed by atoms with E-state index in [1.54, 1.807) is 6.20 Å². The van der Waals surface area contributed by atoms with Gasteiger partial charge in [-0.15, -0.1) is 0 Å². The number of benzene rings is 2. The van der Waals surface area contributed by atoms with Crippen LogP contribution in [0.5, 0.6) is 0 Å². The van der Waals surface area contributed by atoms with E-state index in [-0.39, 0.29) is 5.91 Å². The molecule has 122 valence electrons. The van der Waals surface area contributed by atoms with Gasteiger partial charge in [-0.3, -0.25) is 9.48 Å². The fourth-order valence-corrected chi connectivity index (χ4v) is 2.58. The Labute approximate surface area is 142 Å². The first-order valence-electron chi connectivity index (χ1n) is 8.20. The van der Waals surface area contributed by atoms with Crippen LogP contribution in [0.25, 0.3) is 0 Å². The van der Waals surface area contributed by atoms with E-state index in [9.17, 15) is 4.79 Å². The standard InChI is InChI=1S/C20H21N3O/c24-20(21-13-4-8-17-6-2-1-3-7-17)19-11-9-18(10-12-19)16-23-15-5-14-22-23/h1-3,5-7,9-12,14-15H,4,8,13,16H2,(H,21,24). The minimum atomic E-state index is -0.0197. The summed E-state index contributed by atoms with van der Waals surface area (Å²) in [7, 11) is 0. The van der Waals surface area contributed by atoms with Crippen LogP contribution in [-0.4, -0.2) is 22.2 Å². The second kappa shape index (κ2) is 8.11. The van der Waals surface area contributed by atoms with E-state index >= 15 is 0 Å². The Bertz CT molecular complexity index is 749. The summed E-state index contributed by atoms with van der Waals surface area (Å²) in [5.41, 5.74) is 3.12. The molecule has 0 bridgehead atoms. The quantitative estimate of drug-likeness (QED) is 0.679. The average Bonchev–Trinajstić information content (AvgIpc) is 3.13. The van der Waals surface area contributed by atoms with Gasteiger partial charge in [0.05, 0.1) is 6.54 Å². The van der Waals surface area contributed by atoms with E-state index < -0.39 is 0 Å². The molecule has 0 aliphatic rings. The minimum absolute atomic E-state index is 0.0197. The molecular formula is C20H21N3O. The van der Waals surface area contributed by atoms with Crippen molar-refractivity contribution >= 4 is 5.91 Å². The molecule has 4 nitrogen and oxygen atoms in total. The Balaban J connectivity index is 1.44. The third-order valence-corrected chi connectivity index (χ3v) is 3.89. The first-order chi connectivity index (χ1) is 11.8. The number of amides is 1. The SMILES string of the molecule is O=C(NCCCc1ccccc1)c1ccc(Cn2cccn2)cc1. The first-order valence-corrected chi connectivity index (χ1v) is 8.20. The molecule has 0 aliphatic heterocycles. The highest BCUT2D eigenvalue weighted by atomic mass is 16.1. The van der Waals surface area contributed by atoms with Crippen molar-refractivity contribution in [3.8, 4) is 0 Å². The van der Waals surface area contributed by atoms with Crippen molar-refractivity contribution in [2.24, 2.45) is 0 Å². The Morgan fingerprint density at radius 2 is 1.75 bits per heavy atom. The van der Waals surface area contributed by atoms with Gasteiger partial charge in [-0.1, -0.05) is 42.5 Å². The maximum Gasteiger partial charge on any atom is 0.251 e. The monoisotopic (exact) mass is 319 g/mol. The van der Waals surface area contributed by atoms with Crippen LogP contribution >= 0.6 is 0 Å². The summed E-state index contributed by atoms with van der Waals surface area (Å²) in [5, 5.41) is 7.16. The second-order valence-electron chi connectivity index (χ2n) is 5.75. The Morgan fingerprint density at radius 1 is 0.958 bits per heavy atom. The van der Waals surface area contributed by atoms with Gasteiger partial charge in [0.1, 0.15) is 0 Å². The molecule has 0 spiro atoms. The number of carbonyl (C=O) groups excluding carboxylic acids is 1. The van der Waals surface area contributed by atoms with Crippen LogP contribution in [0.2, 0.25) is 0 Å². The van der Waals surface area contributed by atoms with E-state index in [0.29, 0.717) is 18.7 Å². The summed E-state index contributed by atoms with van der Waals surface area (Å²) in [4.78, 5) is 12.2. The molecule has 3 aromatic rings. The number of aryl methyl sites for hydroxylation is 1. The predicted octanol–water partition coefficient (Wildman–Crippen LogP) is 3.29. The van der Waals surface area contributed by atoms with Crippen LogP contribution in [0.4, 0.5) is 0 Å². The van der Waals surface area contributed by atoms with Crippen molar-refractivity contribution in [3.05, 3.63) is 89.7 Å². The fraction of sp³-hybridized carbons (Fsp3) is 0.200. The van der Waals surface area contributed by atoms with Gasteiger partial charge >= 0.3 is 0 Å². The van der Waals surface area contributed by atoms with Crippen LogP contribution in [-0.2, 0) is 13.0 Å². The molecular weight excluding hydrogens is 298 g/mol. The highest BCUT2D eigenvalue weighted by Gasteiger charge is 2.05. The molecule has 0 saturated carbocycles. The number of carbonyl (C=O) groups is 1. The van der Waals surface area contributed by atoms with Crippen LogP contribution < -0.4 is 5.32 Å². The zero-order valence-corrected chi connectivity index (χ0v) is 13.6. The van der Waals surface area contributed by atoms with Gasteiger partial charge in [-0.25, -0.2) is 0 Å². The summed E-state index contributed by atoms with van der Waals surface area (Å²) in [6, 6.07) is 19.9. The molecule has 0 atom stereocenters. The largest absolute Gasteiger partial charge is 0.352 e. The molecule has 3 rings (SSSR count). The molecule has 0 aliphatic carbocycles. The van der Waals surface area contributed by atoms with Gasteiger partial charge in [-0.05, 0) is 42.2 Å². The topological polar surface area (TPSA) is 46.9 Å². The van der Waals surface area contributed by atoms with Crippen molar-refractivity contribution < 1.29 is 4.79 Å². The highest BCUT2D eigenvalue weighted by molar-refractivity contribution is 5.94. The summed E-state index contributed by atoms with van der Waals surface area (Å²) >= 11 is 0. The smallest absolute Gasteiger partial charge is 0.251 e. The van der Waals surface area contributed by atoms with Crippen molar-refractivity contribution in [1.29, 1.82) is 0 Å². The molecule has 1 amide bonds. The summed E-state index contributed by atoms with van der Waals surface area (Å²) < 4.78 is 1.86. The first kappa shape index (κ1) is 16.0. The van der Waals surface area contributed by atoms with Gasteiger partial charge in [0.2, 0.25) is 0 Å². The van der Waals surface area contributed by atoms with Crippen LogP contribution in [0.15, 0.2) is 73.1 Å². The van der Waals surface area contributed by atoms with Crippen LogP contribution in [0, 0.1) is 0 Å². The molecule has 0 unspecified atom stereocenters. The highest BCUT2D eigenvalue weighted by Crippen LogP contribution is 2.07. The van der Waals surface area contributed by atoms with Gasteiger partial charge in [0.15, 0.2) is 0 Å². The van der Waals surface area contributed by atoms with Crippen molar-refractivity contribution in [2.45, 2.75) is 19.4 Å². The van der Waals surface area contributed by atoms with Crippen molar-refractivity contribution in [3.63, 3.8) is 0 Å². The third-order valence-electron chi connectivity index (χ3n) is 3.89. The maximum atomic E-state index is 12.2. The fourth-order valence-electron chi connectivity index (χ4n) is 2.58. The maximum absolute atomic E-state index is 12.2. The lowest BCUT2D eigenvalue weighted by Crippen LogP contribution is -2.24. The second-order valence-corrected chi connectivity index (χ2v) is 5.75. The summed E-state index contributed by atoms with van der Waals surface area (Å²) in [5.74, 6) is -0.0197. The molecule has 0 saturated heterocycles. The molecule has 0 radical (unpaired) electrons. The molecule has 24 heavy (non-hydrogen) atoms. The van der Waals surface area contributed by atoms with E-state index in [2.05, 4.69) is 22.5 Å². The van der Waals surface area contributed by atoms with Crippen molar-refractivity contribution in [2.75, 3.05) is 6.54 Å². The average molecular weight is 319 g/mol. The van der Waals surface area contributed by atoms with Crippen LogP contribution in [0.1, 0.15) is 27.9 Å². The Morgan fingerprint density at radius 3 is 2.46 bits per heavy atom. The van der Waals surface area contributed by atoms with E-state index in [1.165, 1.54) is 5.56 Å². The third kappa shape index (κ3) is 4.56. The van der Waals surface area contributed by atoms with E-state index in [1.807, 2.05) is 59.4 Å². The number of hydrogen-bond acceptors (Lipinski definition) is 2. The molecule has 1 aromatic heterocycles. The number of nitrogens with zero attached hydrogens (tertiary/aromatic N) is 2. The molecule has 2 aromatic carbocycles. The predicted molar refractivity (Wildman–Crippen MR) is 94.9 cm³/mol.